The number of carboxylic acid groups (broad SMARTS) is 1. The van der Waals surface area contributed by atoms with Gasteiger partial charge < -0.3 is 14.6 Å². The minimum absolute atomic E-state index is 0.0276. The second kappa shape index (κ2) is 13.5. The van der Waals surface area contributed by atoms with Crippen molar-refractivity contribution in [1.82, 2.24) is 4.57 Å². The zero-order chi connectivity index (χ0) is 31.7. The van der Waals surface area contributed by atoms with Crippen LogP contribution in [-0.4, -0.2) is 47.3 Å². The van der Waals surface area contributed by atoms with E-state index in [9.17, 15) is 19.5 Å². The van der Waals surface area contributed by atoms with Crippen LogP contribution in [0.2, 0.25) is 25.1 Å². The summed E-state index contributed by atoms with van der Waals surface area (Å²) in [6.45, 7) is 0.933. The topological polar surface area (TPSA) is 92.0 Å². The molecule has 1 aromatic heterocycles. The number of aromatic nitrogens is 1. The molecule has 0 radical (unpaired) electrons. The van der Waals surface area contributed by atoms with Crippen LogP contribution in [0.25, 0.3) is 10.9 Å². The first-order valence-electron chi connectivity index (χ1n) is 13.4. The van der Waals surface area contributed by atoms with E-state index in [0.29, 0.717) is 62.5 Å². The van der Waals surface area contributed by atoms with Crippen LogP contribution in [0.4, 0.5) is 10.1 Å². The molecule has 2 fully saturated rings. The Hall–Kier alpha value is -3.14. The van der Waals surface area contributed by atoms with Crippen molar-refractivity contribution >= 4 is 93.1 Å². The lowest BCUT2D eigenvalue weighted by Gasteiger charge is -2.23. The van der Waals surface area contributed by atoms with Gasteiger partial charge in [0, 0.05) is 37.1 Å². The summed E-state index contributed by atoms with van der Waals surface area (Å²) >= 11 is 30.4. The lowest BCUT2D eigenvalue weighted by molar-refractivity contribution is 0.0694. The van der Waals surface area contributed by atoms with Crippen LogP contribution < -0.4 is 10.3 Å². The van der Waals surface area contributed by atoms with Crippen LogP contribution in [0.3, 0.4) is 0 Å². The minimum atomic E-state index is -1.35. The Kier molecular flexibility index (Phi) is 9.87. The van der Waals surface area contributed by atoms with Gasteiger partial charge in [0.15, 0.2) is 6.29 Å². The molecule has 2 aliphatic rings. The van der Waals surface area contributed by atoms with E-state index in [1.807, 2.05) is 0 Å². The highest BCUT2D eigenvalue weighted by atomic mass is 35.5. The van der Waals surface area contributed by atoms with E-state index in [1.165, 1.54) is 6.20 Å². The van der Waals surface area contributed by atoms with Gasteiger partial charge in [-0.3, -0.25) is 14.6 Å². The van der Waals surface area contributed by atoms with Gasteiger partial charge in [-0.2, -0.15) is 0 Å². The highest BCUT2D eigenvalue weighted by Gasteiger charge is 2.32. The smallest absolute Gasteiger partial charge is 0.341 e. The highest BCUT2D eigenvalue weighted by Crippen LogP contribution is 2.42. The van der Waals surface area contributed by atoms with Crippen molar-refractivity contribution in [2.24, 2.45) is 4.99 Å². The molecule has 3 aromatic carbocycles. The van der Waals surface area contributed by atoms with E-state index in [4.69, 9.17) is 58.0 Å². The molecule has 13 heteroatoms. The number of hydrogen-bond acceptors (Lipinski definition) is 5. The maximum atomic E-state index is 15.3. The SMILES string of the molecule is O=C(O)c1cn(C2CC2)c2c(Cl)c(N3CCC(N=Cc4c(Cl)cccc4Cl)C3)c(F)cc2c1=O.O=Cc1c(Cl)cccc1Cl. The van der Waals surface area contributed by atoms with Gasteiger partial charge in [-0.25, -0.2) is 9.18 Å². The zero-order valence-electron chi connectivity index (χ0n) is 22.7. The average molecular weight is 698 g/mol. The fourth-order valence-corrected chi connectivity index (χ4v) is 6.41. The minimum Gasteiger partial charge on any atom is -0.477 e. The van der Waals surface area contributed by atoms with E-state index in [0.717, 1.165) is 18.9 Å². The number of carbonyl (C=O) groups is 2. The molecule has 1 saturated heterocycles. The van der Waals surface area contributed by atoms with Gasteiger partial charge in [-0.15, -0.1) is 0 Å². The maximum absolute atomic E-state index is 15.3. The van der Waals surface area contributed by atoms with Crippen molar-refractivity contribution < 1.29 is 19.1 Å². The number of aldehydes is 1. The molecule has 0 spiro atoms. The molecule has 1 N–H and O–H groups in total. The molecule has 1 atom stereocenters. The summed E-state index contributed by atoms with van der Waals surface area (Å²) in [5, 5.41) is 11.3. The number of halogens is 6. The van der Waals surface area contributed by atoms with Gasteiger partial charge in [-0.1, -0.05) is 70.1 Å². The van der Waals surface area contributed by atoms with Crippen molar-refractivity contribution in [2.75, 3.05) is 18.0 Å². The predicted molar refractivity (Wildman–Crippen MR) is 175 cm³/mol. The second-order valence-corrected chi connectivity index (χ2v) is 12.3. The number of fused-ring (bicyclic) bond motifs is 1. The number of pyridine rings is 1. The van der Waals surface area contributed by atoms with Gasteiger partial charge in [0.2, 0.25) is 5.43 Å². The van der Waals surface area contributed by atoms with Crippen LogP contribution in [0.1, 0.15) is 51.6 Å². The number of hydrogen-bond donors (Lipinski definition) is 1. The maximum Gasteiger partial charge on any atom is 0.341 e. The number of nitrogens with zero attached hydrogens (tertiary/aromatic N) is 3. The van der Waals surface area contributed by atoms with Crippen molar-refractivity contribution in [2.45, 2.75) is 31.3 Å². The van der Waals surface area contributed by atoms with Crippen LogP contribution in [-0.2, 0) is 0 Å². The van der Waals surface area contributed by atoms with Gasteiger partial charge >= 0.3 is 5.97 Å². The monoisotopic (exact) mass is 695 g/mol. The van der Waals surface area contributed by atoms with E-state index in [1.54, 1.807) is 52.1 Å². The number of carboxylic acids is 1. The number of benzene rings is 3. The van der Waals surface area contributed by atoms with Crippen molar-refractivity contribution in [3.05, 3.63) is 107 Å². The molecule has 0 amide bonds. The molecule has 0 bridgehead atoms. The summed E-state index contributed by atoms with van der Waals surface area (Å²) in [7, 11) is 0. The molecule has 228 valence electrons. The van der Waals surface area contributed by atoms with Gasteiger partial charge in [0.1, 0.15) is 11.4 Å². The van der Waals surface area contributed by atoms with Crippen LogP contribution in [0.15, 0.2) is 58.4 Å². The first-order chi connectivity index (χ1) is 21.0. The van der Waals surface area contributed by atoms with Gasteiger partial charge in [0.25, 0.3) is 0 Å². The fourth-order valence-electron chi connectivity index (χ4n) is 5.02. The number of anilines is 1. The number of rotatable bonds is 6. The predicted octanol–water partition coefficient (Wildman–Crippen LogP) is 8.64. The normalized spacial score (nSPS) is 16.3. The molecule has 2 heterocycles. The van der Waals surface area contributed by atoms with Crippen molar-refractivity contribution in [3.63, 3.8) is 0 Å². The Morgan fingerprint density at radius 1 is 0.955 bits per heavy atom. The second-order valence-electron chi connectivity index (χ2n) is 10.3. The molecule has 6 rings (SSSR count). The zero-order valence-corrected chi connectivity index (χ0v) is 26.5. The first kappa shape index (κ1) is 32.3. The molecule has 1 unspecified atom stereocenters. The van der Waals surface area contributed by atoms with Crippen LogP contribution in [0.5, 0.6) is 0 Å². The standard InChI is InChI=1S/C24H19Cl3FN3O3.C7H4Cl2O/c25-17-2-1-3-18(26)15(17)9-29-12-6-7-30(10-12)22-19(28)8-14-21(20(22)27)31(13-4-5-13)11-16(23(14)32)24(33)34;8-6-2-1-3-7(9)5(6)4-10/h1-3,8-9,11-13H,4-7,10H2,(H,33,34);1-4H. The molecule has 44 heavy (non-hydrogen) atoms. The largest absolute Gasteiger partial charge is 0.477 e. The Labute approximate surface area is 276 Å². The average Bonchev–Trinajstić information content (AvgIpc) is 3.72. The summed E-state index contributed by atoms with van der Waals surface area (Å²) in [4.78, 5) is 41.0. The summed E-state index contributed by atoms with van der Waals surface area (Å²) in [5.41, 5.74) is 0.404. The molecular weight excluding hydrogens is 675 g/mol. The van der Waals surface area contributed by atoms with Crippen LogP contribution in [0, 0.1) is 5.82 Å². The molecule has 4 aromatic rings. The quantitative estimate of drug-likeness (QED) is 0.161. The van der Waals surface area contributed by atoms with E-state index >= 15 is 4.39 Å². The third kappa shape index (κ3) is 6.60. The number of carbonyl (C=O) groups excluding carboxylic acids is 1. The van der Waals surface area contributed by atoms with E-state index in [-0.39, 0.29) is 28.2 Å². The molecule has 1 saturated carbocycles. The fraction of sp³-hybridized carbons (Fsp3) is 0.226. The summed E-state index contributed by atoms with van der Waals surface area (Å²) in [5.74, 6) is -2.01. The Morgan fingerprint density at radius 2 is 1.55 bits per heavy atom. The van der Waals surface area contributed by atoms with Crippen molar-refractivity contribution in [1.29, 1.82) is 0 Å². The lowest BCUT2D eigenvalue weighted by Crippen LogP contribution is -2.24. The molecule has 7 nitrogen and oxygen atoms in total. The van der Waals surface area contributed by atoms with Crippen LogP contribution >= 0.6 is 58.0 Å². The molecule has 1 aliphatic carbocycles. The Morgan fingerprint density at radius 3 is 2.07 bits per heavy atom. The third-order valence-electron chi connectivity index (χ3n) is 7.37. The Bertz CT molecular complexity index is 1840. The van der Waals surface area contributed by atoms with E-state index in [2.05, 4.69) is 4.99 Å². The number of aromatic carboxylic acids is 1. The third-order valence-corrected chi connectivity index (χ3v) is 9.04. The highest BCUT2D eigenvalue weighted by molar-refractivity contribution is 6.39. The van der Waals surface area contributed by atoms with Crippen molar-refractivity contribution in [3.8, 4) is 0 Å². The van der Waals surface area contributed by atoms with Gasteiger partial charge in [-0.05, 0) is 49.6 Å². The van der Waals surface area contributed by atoms with E-state index < -0.39 is 22.8 Å². The number of aliphatic imine (C=N–C) groups is 1. The summed E-state index contributed by atoms with van der Waals surface area (Å²) in [6.07, 6.45) is 5.94. The summed E-state index contributed by atoms with van der Waals surface area (Å²) in [6, 6.07) is 11.2. The summed E-state index contributed by atoms with van der Waals surface area (Å²) < 4.78 is 17.0. The van der Waals surface area contributed by atoms with Gasteiger partial charge in [0.05, 0.1) is 53.3 Å². The molecule has 1 aliphatic heterocycles. The Balaban J connectivity index is 0.000000328. The molecular formula is C31H23Cl5FN3O4. The lowest BCUT2D eigenvalue weighted by atomic mass is 10.1. The first-order valence-corrected chi connectivity index (χ1v) is 15.3.